The summed E-state index contributed by atoms with van der Waals surface area (Å²) < 4.78 is 0. The number of allylic oxidation sites excluding steroid dienone is 3. The van der Waals surface area contributed by atoms with Crippen LogP contribution in [0.15, 0.2) is 23.7 Å². The quantitative estimate of drug-likeness (QED) is 0.450. The van der Waals surface area contributed by atoms with E-state index in [-0.39, 0.29) is 17.4 Å². The predicted octanol–water partition coefficient (Wildman–Crippen LogP) is 1.03. The topological polar surface area (TPSA) is 69.6 Å². The first-order valence-corrected chi connectivity index (χ1v) is 4.20. The summed E-state index contributed by atoms with van der Waals surface area (Å²) in [5.74, 6) is 0.168. The van der Waals surface area contributed by atoms with E-state index in [1.807, 2.05) is 6.08 Å². The number of carbonyl (C=O) groups is 1. The minimum absolute atomic E-state index is 0.0265. The average Bonchev–Trinajstić information content (AvgIpc) is 2.12. The summed E-state index contributed by atoms with van der Waals surface area (Å²) in [5, 5.41) is 20.8. The van der Waals surface area contributed by atoms with Gasteiger partial charge in [-0.05, 0) is 18.4 Å². The molecule has 0 saturated carbocycles. The van der Waals surface area contributed by atoms with E-state index in [0.29, 0.717) is 19.4 Å². The van der Waals surface area contributed by atoms with Crippen LogP contribution < -0.4 is 5.32 Å². The van der Waals surface area contributed by atoms with E-state index < -0.39 is 0 Å². The number of hydrogen-bond donors (Lipinski definition) is 3. The fourth-order valence-electron chi connectivity index (χ4n) is 1.27. The lowest BCUT2D eigenvalue weighted by atomic mass is 9.95. The molecule has 0 bridgehead atoms. The van der Waals surface area contributed by atoms with Crippen molar-refractivity contribution in [3.63, 3.8) is 0 Å². The summed E-state index contributed by atoms with van der Waals surface area (Å²) in [5.41, 5.74) is 0. The van der Waals surface area contributed by atoms with Gasteiger partial charge in [-0.2, -0.15) is 0 Å². The zero-order chi connectivity index (χ0) is 9.68. The molecule has 0 heterocycles. The molecule has 0 aromatic rings. The Balaban J connectivity index is 2.33. The monoisotopic (exact) mass is 183 g/mol. The van der Waals surface area contributed by atoms with Gasteiger partial charge in [-0.3, -0.25) is 4.79 Å². The zero-order valence-corrected chi connectivity index (χ0v) is 7.23. The van der Waals surface area contributed by atoms with E-state index in [2.05, 4.69) is 5.32 Å². The summed E-state index contributed by atoms with van der Waals surface area (Å²) in [7, 11) is 0. The van der Waals surface area contributed by atoms with Crippen LogP contribution in [-0.4, -0.2) is 23.2 Å². The summed E-state index contributed by atoms with van der Waals surface area (Å²) in [4.78, 5) is 9.94. The number of rotatable bonds is 4. The second-order valence-electron chi connectivity index (χ2n) is 3.02. The normalized spacial score (nSPS) is 21.7. The first kappa shape index (κ1) is 9.64. The van der Waals surface area contributed by atoms with Crippen molar-refractivity contribution in [2.75, 3.05) is 6.54 Å². The van der Waals surface area contributed by atoms with Crippen molar-refractivity contribution < 1.29 is 15.0 Å². The highest BCUT2D eigenvalue weighted by Gasteiger charge is 2.14. The van der Waals surface area contributed by atoms with Gasteiger partial charge in [-0.15, -0.1) is 0 Å². The number of hydrogen-bond acceptors (Lipinski definition) is 3. The molecule has 1 rings (SSSR count). The lowest BCUT2D eigenvalue weighted by Crippen LogP contribution is -2.16. The molecule has 0 saturated heterocycles. The summed E-state index contributed by atoms with van der Waals surface area (Å²) in [6.45, 7) is 0.590. The van der Waals surface area contributed by atoms with Gasteiger partial charge in [0.15, 0.2) is 5.76 Å². The van der Waals surface area contributed by atoms with E-state index in [9.17, 15) is 9.90 Å². The van der Waals surface area contributed by atoms with Crippen molar-refractivity contribution in [3.8, 4) is 0 Å². The molecule has 0 spiro atoms. The fourth-order valence-corrected chi connectivity index (χ4v) is 1.27. The van der Waals surface area contributed by atoms with Gasteiger partial charge in [-0.1, -0.05) is 6.08 Å². The number of nitrogens with one attached hydrogen (secondary N) is 1. The maximum absolute atomic E-state index is 9.94. The molecule has 0 fully saturated rings. The number of aliphatic hydroxyl groups is 2. The standard InChI is InChI=1S/C9H13NO3/c11-6-10-4-3-7-1-2-8(12)9(13)5-7/h1-2,6-7,12-13H,3-5H2,(H,10,11). The van der Waals surface area contributed by atoms with Gasteiger partial charge in [0.05, 0.1) is 0 Å². The van der Waals surface area contributed by atoms with Crippen LogP contribution in [0.1, 0.15) is 12.8 Å². The highest BCUT2D eigenvalue weighted by atomic mass is 16.3. The Hall–Kier alpha value is -1.45. The van der Waals surface area contributed by atoms with Gasteiger partial charge >= 0.3 is 0 Å². The van der Waals surface area contributed by atoms with Gasteiger partial charge in [0.1, 0.15) is 5.76 Å². The molecule has 1 aliphatic rings. The van der Waals surface area contributed by atoms with E-state index >= 15 is 0 Å². The third kappa shape index (κ3) is 2.82. The van der Waals surface area contributed by atoms with Crippen molar-refractivity contribution in [2.45, 2.75) is 12.8 Å². The van der Waals surface area contributed by atoms with Gasteiger partial charge < -0.3 is 15.5 Å². The molecule has 0 aliphatic heterocycles. The van der Waals surface area contributed by atoms with Gasteiger partial charge in [0, 0.05) is 13.0 Å². The SMILES string of the molecule is O=CNCCC1C=CC(O)=C(O)C1. The molecule has 0 aromatic heterocycles. The highest BCUT2D eigenvalue weighted by molar-refractivity contribution is 5.45. The van der Waals surface area contributed by atoms with Crippen molar-refractivity contribution >= 4 is 6.41 Å². The highest BCUT2D eigenvalue weighted by Crippen LogP contribution is 2.22. The van der Waals surface area contributed by atoms with Crippen molar-refractivity contribution in [2.24, 2.45) is 5.92 Å². The van der Waals surface area contributed by atoms with Crippen molar-refractivity contribution in [3.05, 3.63) is 23.7 Å². The lowest BCUT2D eigenvalue weighted by molar-refractivity contribution is -0.109. The van der Waals surface area contributed by atoms with Gasteiger partial charge in [-0.25, -0.2) is 0 Å². The van der Waals surface area contributed by atoms with Crippen LogP contribution in [0.3, 0.4) is 0 Å². The molecule has 4 heteroatoms. The molecule has 0 aromatic carbocycles. The molecule has 1 unspecified atom stereocenters. The van der Waals surface area contributed by atoms with Crippen LogP contribution in [0.4, 0.5) is 0 Å². The first-order chi connectivity index (χ1) is 6.24. The summed E-state index contributed by atoms with van der Waals surface area (Å²) in [6.07, 6.45) is 5.20. The second-order valence-corrected chi connectivity index (χ2v) is 3.02. The molecule has 13 heavy (non-hydrogen) atoms. The molecule has 3 N–H and O–H groups in total. The minimum atomic E-state index is -0.0559. The number of carbonyl (C=O) groups excluding carboxylic acids is 1. The molecule has 1 aliphatic carbocycles. The van der Waals surface area contributed by atoms with Gasteiger partial charge in [0.2, 0.25) is 6.41 Å². The summed E-state index contributed by atoms with van der Waals surface area (Å²) in [6, 6.07) is 0. The maximum Gasteiger partial charge on any atom is 0.207 e. The number of amides is 1. The van der Waals surface area contributed by atoms with E-state index in [4.69, 9.17) is 5.11 Å². The smallest absolute Gasteiger partial charge is 0.207 e. The molecular formula is C9H13NO3. The van der Waals surface area contributed by atoms with Crippen molar-refractivity contribution in [1.82, 2.24) is 5.32 Å². The minimum Gasteiger partial charge on any atom is -0.508 e. The van der Waals surface area contributed by atoms with E-state index in [1.54, 1.807) is 0 Å². The average molecular weight is 183 g/mol. The Labute approximate surface area is 76.6 Å². The Morgan fingerprint density at radius 2 is 2.38 bits per heavy atom. The molecule has 1 amide bonds. The van der Waals surface area contributed by atoms with Crippen LogP contribution in [-0.2, 0) is 4.79 Å². The molecule has 1 atom stereocenters. The molecule has 0 radical (unpaired) electrons. The second kappa shape index (κ2) is 4.54. The Kier molecular flexibility index (Phi) is 3.37. The molecule has 72 valence electrons. The van der Waals surface area contributed by atoms with Crippen LogP contribution in [0.2, 0.25) is 0 Å². The van der Waals surface area contributed by atoms with Gasteiger partial charge in [0.25, 0.3) is 0 Å². The largest absolute Gasteiger partial charge is 0.508 e. The van der Waals surface area contributed by atoms with Crippen LogP contribution in [0.5, 0.6) is 0 Å². The maximum atomic E-state index is 9.94. The van der Waals surface area contributed by atoms with Crippen LogP contribution in [0, 0.1) is 5.92 Å². The third-order valence-corrected chi connectivity index (χ3v) is 2.02. The Morgan fingerprint density at radius 3 is 3.00 bits per heavy atom. The predicted molar refractivity (Wildman–Crippen MR) is 48.2 cm³/mol. The lowest BCUT2D eigenvalue weighted by Gasteiger charge is -2.15. The number of aliphatic hydroxyl groups excluding tert-OH is 2. The van der Waals surface area contributed by atoms with Crippen molar-refractivity contribution in [1.29, 1.82) is 0 Å². The van der Waals surface area contributed by atoms with Crippen LogP contribution in [0.25, 0.3) is 0 Å². The first-order valence-electron chi connectivity index (χ1n) is 4.20. The fraction of sp³-hybridized carbons (Fsp3) is 0.444. The zero-order valence-electron chi connectivity index (χ0n) is 7.23. The third-order valence-electron chi connectivity index (χ3n) is 2.02. The van der Waals surface area contributed by atoms with E-state index in [0.717, 1.165) is 6.42 Å². The van der Waals surface area contributed by atoms with E-state index in [1.165, 1.54) is 6.08 Å². The Bertz CT molecular complexity index is 245. The van der Waals surface area contributed by atoms with Crippen LogP contribution >= 0.6 is 0 Å². The Morgan fingerprint density at radius 1 is 1.62 bits per heavy atom. The molecule has 4 nitrogen and oxygen atoms in total. The molecular weight excluding hydrogens is 170 g/mol. The summed E-state index contributed by atoms with van der Waals surface area (Å²) >= 11 is 0.